The van der Waals surface area contributed by atoms with Crippen molar-refractivity contribution in [2.75, 3.05) is 0 Å². The van der Waals surface area contributed by atoms with E-state index in [0.717, 1.165) is 0 Å². The number of rotatable bonds is 0. The fourth-order valence-electron chi connectivity index (χ4n) is 0. The molecule has 0 aromatic rings. The molecule has 0 aliphatic heterocycles. The van der Waals surface area contributed by atoms with Crippen molar-refractivity contribution in [3.05, 3.63) is 16.0 Å². The molecule has 0 spiro atoms. The molecule has 30 valence electrons. The van der Waals surface area contributed by atoms with Gasteiger partial charge in [-0.05, 0) is 0 Å². The third-order valence-corrected chi connectivity index (χ3v) is 0. The van der Waals surface area contributed by atoms with E-state index in [4.69, 9.17) is 11.1 Å². The van der Waals surface area contributed by atoms with E-state index in [1.54, 1.807) is 0 Å². The first-order valence-electron chi connectivity index (χ1n) is 0.400. The Kier molecular flexibility index (Phi) is 137. The summed E-state index contributed by atoms with van der Waals surface area (Å²) in [6.45, 7) is 0. The van der Waals surface area contributed by atoms with Crippen molar-refractivity contribution in [2.24, 2.45) is 0 Å². The largest absolute Gasteiger partial charge is 0.412 e. The van der Waals surface area contributed by atoms with Crippen LogP contribution >= 0.6 is 0 Å². The van der Waals surface area contributed by atoms with Gasteiger partial charge in [-0.2, -0.15) is 0 Å². The summed E-state index contributed by atoms with van der Waals surface area (Å²) < 4.78 is 0. The summed E-state index contributed by atoms with van der Waals surface area (Å²) in [5, 5.41) is 0. The minimum Gasteiger partial charge on any atom is -0.412 e. The molecule has 6 heavy (non-hydrogen) atoms. The maximum Gasteiger partial charge on any atom is 0 e. The van der Waals surface area contributed by atoms with Gasteiger partial charge in [-0.15, -0.1) is 0 Å². The van der Waals surface area contributed by atoms with Crippen LogP contribution in [0, 0.1) is 0 Å². The van der Waals surface area contributed by atoms with Crippen LogP contribution in [-0.4, -0.2) is 5.48 Å². The second kappa shape index (κ2) is 31.7. The summed E-state index contributed by atoms with van der Waals surface area (Å²) in [5.74, 6) is 0. The Balaban J connectivity index is -0.00000000667. The number of nitrogens with zero attached hydrogens (tertiary/aromatic N) is 3. The number of hydrogen-bond acceptors (Lipinski definition) is 0. The van der Waals surface area contributed by atoms with Gasteiger partial charge in [0.15, 0.2) is 0 Å². The molecule has 0 aromatic carbocycles. The van der Waals surface area contributed by atoms with E-state index < -0.39 is 0 Å². The molecule has 6 heteroatoms. The molecule has 4 nitrogen and oxygen atoms in total. The van der Waals surface area contributed by atoms with E-state index in [9.17, 15) is 0 Å². The van der Waals surface area contributed by atoms with Gasteiger partial charge in [-0.25, -0.2) is 0 Å². The summed E-state index contributed by atoms with van der Waals surface area (Å²) in [7, 11) is 0. The standard InChI is InChI=1S/N3.H2O.2Y/c1-3-2;;;/h;1H2;;/q-1;;;. The van der Waals surface area contributed by atoms with Crippen LogP contribution in [0.2, 0.25) is 0 Å². The van der Waals surface area contributed by atoms with Gasteiger partial charge in [0.05, 0.1) is 0 Å². The van der Waals surface area contributed by atoms with Crippen molar-refractivity contribution >= 4 is 0 Å². The van der Waals surface area contributed by atoms with Crippen LogP contribution in [0.25, 0.3) is 16.0 Å². The quantitative estimate of drug-likeness (QED) is 0.323. The minimum absolute atomic E-state index is 0. The minimum atomic E-state index is 0. The molecular weight excluding hydrogens is 236 g/mol. The molecule has 0 amide bonds. The van der Waals surface area contributed by atoms with Gasteiger partial charge >= 0.3 is 0 Å². The Hall–Kier alpha value is 1.48. The summed E-state index contributed by atoms with van der Waals surface area (Å²) in [5.41, 5.74) is 13.5. The van der Waals surface area contributed by atoms with Crippen LogP contribution in [0.3, 0.4) is 0 Å². The maximum absolute atomic E-state index is 6.75. The summed E-state index contributed by atoms with van der Waals surface area (Å²) in [4.78, 5) is 1.50. The maximum atomic E-state index is 6.75. The summed E-state index contributed by atoms with van der Waals surface area (Å²) in [6.07, 6.45) is 0. The van der Waals surface area contributed by atoms with Crippen LogP contribution in [-0.2, 0) is 65.4 Å². The average molecular weight is 238 g/mol. The third-order valence-electron chi connectivity index (χ3n) is 0. The van der Waals surface area contributed by atoms with Gasteiger partial charge < -0.3 is 16.5 Å². The number of hydrogen-bond donors (Lipinski definition) is 0. The van der Waals surface area contributed by atoms with Gasteiger partial charge in [-0.1, -0.05) is 0 Å². The fraction of sp³-hybridized carbons (Fsp3) is 0. The second-order valence-corrected chi connectivity index (χ2v) is 0.0894. The van der Waals surface area contributed by atoms with E-state index in [1.807, 2.05) is 0 Å². The summed E-state index contributed by atoms with van der Waals surface area (Å²) >= 11 is 0. The van der Waals surface area contributed by atoms with Crippen LogP contribution in [0.5, 0.6) is 0 Å². The molecular formula is H2N3OY2-. The predicted octanol–water partition coefficient (Wildman–Crippen LogP) is 0.0364. The van der Waals surface area contributed by atoms with Crippen molar-refractivity contribution in [1.82, 2.24) is 0 Å². The van der Waals surface area contributed by atoms with Gasteiger partial charge in [0, 0.05) is 65.4 Å². The van der Waals surface area contributed by atoms with Gasteiger partial charge in [0.1, 0.15) is 0 Å². The second-order valence-electron chi connectivity index (χ2n) is 0.0894. The SMILES string of the molecule is O.[N-]=[N+]=[N-].[Y].[Y]. The molecule has 0 heterocycles. The Morgan fingerprint density at radius 1 is 1.00 bits per heavy atom. The molecule has 0 atom stereocenters. The van der Waals surface area contributed by atoms with Crippen molar-refractivity contribution in [2.45, 2.75) is 0 Å². The molecule has 0 aliphatic rings. The van der Waals surface area contributed by atoms with E-state index >= 15 is 0 Å². The van der Waals surface area contributed by atoms with Gasteiger partial charge in [0.2, 0.25) is 0 Å². The van der Waals surface area contributed by atoms with E-state index in [2.05, 4.69) is 0 Å². The monoisotopic (exact) mass is 238 g/mol. The van der Waals surface area contributed by atoms with E-state index in [-0.39, 0.29) is 70.9 Å². The van der Waals surface area contributed by atoms with E-state index in [1.165, 1.54) is 4.91 Å². The molecule has 0 unspecified atom stereocenters. The zero-order valence-corrected chi connectivity index (χ0v) is 8.67. The van der Waals surface area contributed by atoms with Gasteiger partial charge in [-0.3, -0.25) is 4.91 Å². The molecule has 0 fully saturated rings. The molecule has 0 saturated heterocycles. The molecule has 0 bridgehead atoms. The Morgan fingerprint density at radius 3 is 1.00 bits per heavy atom. The molecule has 0 saturated carbocycles. The van der Waals surface area contributed by atoms with Crippen LogP contribution in [0.4, 0.5) is 0 Å². The van der Waals surface area contributed by atoms with Crippen LogP contribution in [0.15, 0.2) is 0 Å². The van der Waals surface area contributed by atoms with Crippen LogP contribution < -0.4 is 0 Å². The Bertz CT molecular complexity index is 29.8. The first-order valence-corrected chi connectivity index (χ1v) is 0.400. The summed E-state index contributed by atoms with van der Waals surface area (Å²) in [6, 6.07) is 0. The Morgan fingerprint density at radius 2 is 1.00 bits per heavy atom. The predicted molar refractivity (Wildman–Crippen MR) is 13.7 cm³/mol. The normalized spacial score (nSPS) is 1.33. The first kappa shape index (κ1) is 25.9. The topological polar surface area (TPSA) is 90.2 Å². The van der Waals surface area contributed by atoms with Crippen molar-refractivity contribution in [3.63, 3.8) is 0 Å². The molecule has 0 aliphatic carbocycles. The molecule has 2 radical (unpaired) electrons. The first-order chi connectivity index (χ1) is 1.41. The van der Waals surface area contributed by atoms with Crippen molar-refractivity contribution < 1.29 is 70.9 Å². The molecule has 0 aromatic heterocycles. The van der Waals surface area contributed by atoms with Crippen molar-refractivity contribution in [3.8, 4) is 0 Å². The molecule has 0 rings (SSSR count). The Labute approximate surface area is 85.5 Å². The third kappa shape index (κ3) is 50.3. The zero-order valence-electron chi connectivity index (χ0n) is 3.00. The fourth-order valence-corrected chi connectivity index (χ4v) is 0. The van der Waals surface area contributed by atoms with Crippen molar-refractivity contribution in [1.29, 1.82) is 0 Å². The average Bonchev–Trinajstić information content (AvgIpc) is 0.918. The molecule has 2 N–H and O–H groups in total. The smallest absolute Gasteiger partial charge is 0 e. The van der Waals surface area contributed by atoms with Crippen LogP contribution in [0.1, 0.15) is 0 Å². The van der Waals surface area contributed by atoms with E-state index in [0.29, 0.717) is 0 Å². The van der Waals surface area contributed by atoms with Gasteiger partial charge in [0.25, 0.3) is 0 Å². The zero-order chi connectivity index (χ0) is 2.71.